The molecule has 0 amide bonds. The summed E-state index contributed by atoms with van der Waals surface area (Å²) in [5.41, 5.74) is 4.57. The van der Waals surface area contributed by atoms with E-state index in [9.17, 15) is 4.39 Å². The first-order valence-corrected chi connectivity index (χ1v) is 13.6. The van der Waals surface area contributed by atoms with Gasteiger partial charge in [0.05, 0.1) is 23.8 Å². The van der Waals surface area contributed by atoms with E-state index in [4.69, 9.17) is 21.1 Å². The summed E-state index contributed by atoms with van der Waals surface area (Å²) in [6, 6.07) is 20.1. The number of halogens is 2. The number of benzene rings is 3. The van der Waals surface area contributed by atoms with Crippen molar-refractivity contribution < 1.29 is 13.9 Å². The first-order chi connectivity index (χ1) is 19.6. The minimum atomic E-state index is -0.298. The number of rotatable bonds is 9. The third-order valence-electron chi connectivity index (χ3n) is 6.98. The summed E-state index contributed by atoms with van der Waals surface area (Å²) in [4.78, 5) is 11.4. The normalized spacial score (nSPS) is 13.9. The van der Waals surface area contributed by atoms with Crippen LogP contribution in [0, 0.1) is 5.82 Å². The highest BCUT2D eigenvalue weighted by molar-refractivity contribution is 6.32. The SMILES string of the molecule is Fc1cccc(COc2ccc(Nc3ncnc4ccc(-c5ccn(CCN6CCOCC6)c5)cc34)cc2Cl)c1. The van der Waals surface area contributed by atoms with Crippen molar-refractivity contribution in [1.29, 1.82) is 0 Å². The lowest BCUT2D eigenvalue weighted by molar-refractivity contribution is 0.0364. The van der Waals surface area contributed by atoms with Gasteiger partial charge in [0, 0.05) is 49.6 Å². The van der Waals surface area contributed by atoms with Crippen molar-refractivity contribution in [2.75, 3.05) is 38.2 Å². The maximum absolute atomic E-state index is 13.5. The summed E-state index contributed by atoms with van der Waals surface area (Å²) in [5.74, 6) is 0.904. The highest BCUT2D eigenvalue weighted by Crippen LogP contribution is 2.32. The summed E-state index contributed by atoms with van der Waals surface area (Å²) in [5, 5.41) is 4.72. The van der Waals surface area contributed by atoms with E-state index in [-0.39, 0.29) is 12.4 Å². The largest absolute Gasteiger partial charge is 0.487 e. The number of morpholine rings is 1. The van der Waals surface area contributed by atoms with Gasteiger partial charge >= 0.3 is 0 Å². The van der Waals surface area contributed by atoms with Crippen LogP contribution in [0.4, 0.5) is 15.9 Å². The van der Waals surface area contributed by atoms with Crippen molar-refractivity contribution in [1.82, 2.24) is 19.4 Å². The molecule has 1 aliphatic rings. The Balaban J connectivity index is 1.16. The number of hydrogen-bond donors (Lipinski definition) is 1. The molecule has 1 fully saturated rings. The Bertz CT molecular complexity index is 1620. The average molecular weight is 558 g/mol. The molecule has 6 rings (SSSR count). The van der Waals surface area contributed by atoms with Crippen LogP contribution in [-0.2, 0) is 17.9 Å². The van der Waals surface area contributed by atoms with Crippen LogP contribution in [0.15, 0.2) is 85.5 Å². The summed E-state index contributed by atoms with van der Waals surface area (Å²) in [6.45, 7) is 5.77. The Morgan fingerprint density at radius 3 is 2.70 bits per heavy atom. The predicted octanol–water partition coefficient (Wildman–Crippen LogP) is 6.55. The van der Waals surface area contributed by atoms with Crippen LogP contribution < -0.4 is 10.1 Å². The van der Waals surface area contributed by atoms with Gasteiger partial charge in [-0.1, -0.05) is 29.8 Å². The van der Waals surface area contributed by atoms with Gasteiger partial charge in [-0.3, -0.25) is 4.90 Å². The lowest BCUT2D eigenvalue weighted by Crippen LogP contribution is -2.38. The molecule has 0 saturated carbocycles. The van der Waals surface area contributed by atoms with Gasteiger partial charge in [-0.15, -0.1) is 0 Å². The maximum atomic E-state index is 13.5. The van der Waals surface area contributed by atoms with Crippen molar-refractivity contribution >= 4 is 34.0 Å². The van der Waals surface area contributed by atoms with Gasteiger partial charge in [0.15, 0.2) is 0 Å². The molecule has 0 unspecified atom stereocenters. The lowest BCUT2D eigenvalue weighted by atomic mass is 10.1. The van der Waals surface area contributed by atoms with Gasteiger partial charge in [0.25, 0.3) is 0 Å². The second kappa shape index (κ2) is 12.0. The number of hydrogen-bond acceptors (Lipinski definition) is 6. The molecule has 0 aliphatic carbocycles. The van der Waals surface area contributed by atoms with Crippen LogP contribution in [-0.4, -0.2) is 52.3 Å². The number of ether oxygens (including phenoxy) is 2. The minimum Gasteiger partial charge on any atom is -0.487 e. The van der Waals surface area contributed by atoms with Gasteiger partial charge in [-0.2, -0.15) is 0 Å². The van der Waals surface area contributed by atoms with Gasteiger partial charge in [-0.25, -0.2) is 14.4 Å². The highest BCUT2D eigenvalue weighted by atomic mass is 35.5. The molecule has 1 N–H and O–H groups in total. The van der Waals surface area contributed by atoms with Gasteiger partial charge in [-0.05, 0) is 65.2 Å². The summed E-state index contributed by atoms with van der Waals surface area (Å²) in [7, 11) is 0. The number of fused-ring (bicyclic) bond motifs is 1. The molecule has 1 aliphatic heterocycles. The van der Waals surface area contributed by atoms with Crippen LogP contribution in [0.3, 0.4) is 0 Å². The summed E-state index contributed by atoms with van der Waals surface area (Å²) in [6.07, 6.45) is 5.85. The molecule has 3 aromatic carbocycles. The van der Waals surface area contributed by atoms with E-state index >= 15 is 0 Å². The second-order valence-corrected chi connectivity index (χ2v) is 10.1. The molecular weight excluding hydrogens is 529 g/mol. The third-order valence-corrected chi connectivity index (χ3v) is 7.27. The zero-order chi connectivity index (χ0) is 27.3. The third kappa shape index (κ3) is 6.25. The van der Waals surface area contributed by atoms with Crippen LogP contribution in [0.2, 0.25) is 5.02 Å². The molecule has 40 heavy (non-hydrogen) atoms. The molecule has 0 radical (unpaired) electrons. The van der Waals surface area contributed by atoms with Gasteiger partial charge in [0.1, 0.15) is 30.3 Å². The fraction of sp³-hybridized carbons (Fsp3) is 0.226. The molecule has 204 valence electrons. The first-order valence-electron chi connectivity index (χ1n) is 13.3. The van der Waals surface area contributed by atoms with Gasteiger partial charge in [0.2, 0.25) is 0 Å². The number of nitrogens with one attached hydrogen (secondary N) is 1. The molecule has 0 spiro atoms. The molecule has 0 atom stereocenters. The quantitative estimate of drug-likeness (QED) is 0.222. The lowest BCUT2D eigenvalue weighted by Gasteiger charge is -2.26. The minimum absolute atomic E-state index is 0.221. The van der Waals surface area contributed by atoms with Crippen molar-refractivity contribution in [3.63, 3.8) is 0 Å². The molecule has 9 heteroatoms. The zero-order valence-electron chi connectivity index (χ0n) is 21.9. The Kier molecular flexibility index (Phi) is 7.90. The maximum Gasteiger partial charge on any atom is 0.141 e. The summed E-state index contributed by atoms with van der Waals surface area (Å²) >= 11 is 6.51. The average Bonchev–Trinajstić information content (AvgIpc) is 3.45. The monoisotopic (exact) mass is 557 g/mol. The first kappa shape index (κ1) is 26.3. The van der Waals surface area contributed by atoms with Gasteiger partial charge < -0.3 is 19.4 Å². The predicted molar refractivity (Wildman–Crippen MR) is 156 cm³/mol. The van der Waals surface area contributed by atoms with E-state index in [1.165, 1.54) is 12.1 Å². The highest BCUT2D eigenvalue weighted by Gasteiger charge is 2.12. The second-order valence-electron chi connectivity index (χ2n) is 9.74. The number of aromatic nitrogens is 3. The van der Waals surface area contributed by atoms with E-state index < -0.39 is 0 Å². The molecule has 1 saturated heterocycles. The number of nitrogens with zero attached hydrogens (tertiary/aromatic N) is 4. The molecule has 0 bridgehead atoms. The Morgan fingerprint density at radius 2 is 1.85 bits per heavy atom. The van der Waals surface area contributed by atoms with Crippen LogP contribution in [0.25, 0.3) is 22.0 Å². The van der Waals surface area contributed by atoms with Crippen molar-refractivity contribution in [2.24, 2.45) is 0 Å². The Hall–Kier alpha value is -3.98. The zero-order valence-corrected chi connectivity index (χ0v) is 22.6. The van der Waals surface area contributed by atoms with E-state index in [1.54, 1.807) is 24.5 Å². The fourth-order valence-electron chi connectivity index (χ4n) is 4.79. The van der Waals surface area contributed by atoms with Crippen LogP contribution >= 0.6 is 11.6 Å². The Labute approximate surface area is 237 Å². The molecule has 5 aromatic rings. The molecule has 2 aromatic heterocycles. The Morgan fingerprint density at radius 1 is 0.950 bits per heavy atom. The van der Waals surface area contributed by atoms with Crippen molar-refractivity contribution in [2.45, 2.75) is 13.2 Å². The van der Waals surface area contributed by atoms with Crippen LogP contribution in [0.1, 0.15) is 5.56 Å². The van der Waals surface area contributed by atoms with E-state index in [0.717, 1.165) is 72.7 Å². The van der Waals surface area contributed by atoms with Crippen LogP contribution in [0.5, 0.6) is 5.75 Å². The van der Waals surface area contributed by atoms with E-state index in [0.29, 0.717) is 16.6 Å². The molecule has 3 heterocycles. The van der Waals surface area contributed by atoms with E-state index in [1.807, 2.05) is 18.2 Å². The smallest absolute Gasteiger partial charge is 0.141 e. The standard InChI is InChI=1S/C31H29ClFN5O2/c32-28-18-26(5-7-30(28)40-20-22-2-1-3-25(33)16-22)36-31-27-17-23(4-6-29(27)34-21-35-31)24-8-9-38(19-24)11-10-37-12-14-39-15-13-37/h1-9,16-19,21H,10-15,20H2,(H,34,35,36). The van der Waals surface area contributed by atoms with E-state index in [2.05, 4.69) is 55.3 Å². The van der Waals surface area contributed by atoms with Crippen molar-refractivity contribution in [3.8, 4) is 16.9 Å². The topological polar surface area (TPSA) is 64.4 Å². The fourth-order valence-corrected chi connectivity index (χ4v) is 5.02. The molecular formula is C31H29ClFN5O2. The number of anilines is 2. The van der Waals surface area contributed by atoms with Crippen molar-refractivity contribution in [3.05, 3.63) is 102 Å². The molecule has 7 nitrogen and oxygen atoms in total. The summed E-state index contributed by atoms with van der Waals surface area (Å²) < 4.78 is 26.9.